The molecule has 23 heavy (non-hydrogen) atoms. The van der Waals surface area contributed by atoms with Crippen LogP contribution in [-0.4, -0.2) is 63.4 Å². The number of benzene rings is 1. The molecular weight excluding hydrogens is 322 g/mol. The number of ether oxygens (including phenoxy) is 1. The van der Waals surface area contributed by atoms with Crippen LogP contribution in [0.15, 0.2) is 23.1 Å². The molecule has 0 aliphatic carbocycles. The van der Waals surface area contributed by atoms with E-state index in [1.165, 1.54) is 18.2 Å². The first-order chi connectivity index (χ1) is 10.8. The summed E-state index contributed by atoms with van der Waals surface area (Å²) in [6.07, 6.45) is 0.968. The second kappa shape index (κ2) is 7.24. The fraction of sp³-hybridized carbons (Fsp3) is 0.571. The summed E-state index contributed by atoms with van der Waals surface area (Å²) in [5.74, 6) is 0. The van der Waals surface area contributed by atoms with Gasteiger partial charge in [0.05, 0.1) is 18.1 Å². The maximum atomic E-state index is 11.7. The van der Waals surface area contributed by atoms with Crippen LogP contribution >= 0.6 is 0 Å². The molecule has 1 saturated heterocycles. The number of nitrogens with zero attached hydrogens (tertiary/aromatic N) is 2. The van der Waals surface area contributed by atoms with Gasteiger partial charge in [-0.25, -0.2) is 8.42 Å². The monoisotopic (exact) mass is 343 g/mol. The fourth-order valence-corrected chi connectivity index (χ4v) is 3.42. The molecule has 0 saturated carbocycles. The fourth-order valence-electron chi connectivity index (χ4n) is 2.56. The van der Waals surface area contributed by atoms with Gasteiger partial charge in [-0.15, -0.1) is 0 Å². The summed E-state index contributed by atoms with van der Waals surface area (Å²) in [4.78, 5) is 12.6. The highest BCUT2D eigenvalue weighted by atomic mass is 32.2. The van der Waals surface area contributed by atoms with Gasteiger partial charge < -0.3 is 10.1 Å². The molecule has 1 N–H and O–H groups in total. The van der Waals surface area contributed by atoms with Crippen LogP contribution in [0.5, 0.6) is 0 Å². The lowest BCUT2D eigenvalue weighted by Crippen LogP contribution is -2.45. The van der Waals surface area contributed by atoms with Crippen molar-refractivity contribution >= 4 is 21.2 Å². The SMILES string of the molecule is CC(CNc1cccc(S(C)(=O)=O)c1[N+](=O)[O-])N1CCOCC1. The number of anilines is 1. The van der Waals surface area contributed by atoms with Gasteiger partial charge in [0.1, 0.15) is 10.6 Å². The summed E-state index contributed by atoms with van der Waals surface area (Å²) in [5, 5.41) is 14.3. The predicted octanol–water partition coefficient (Wildman–Crippen LogP) is 1.13. The Morgan fingerprint density at radius 3 is 2.61 bits per heavy atom. The number of nitro benzene ring substituents is 1. The van der Waals surface area contributed by atoms with E-state index in [0.29, 0.717) is 19.8 Å². The number of hydrogen-bond donors (Lipinski definition) is 1. The highest BCUT2D eigenvalue weighted by Gasteiger charge is 2.26. The first-order valence-electron chi connectivity index (χ1n) is 7.34. The second-order valence-corrected chi connectivity index (χ2v) is 7.54. The van der Waals surface area contributed by atoms with Crippen molar-refractivity contribution in [1.82, 2.24) is 4.90 Å². The molecule has 9 heteroatoms. The number of nitrogens with one attached hydrogen (secondary N) is 1. The molecule has 1 unspecified atom stereocenters. The molecule has 128 valence electrons. The third-order valence-electron chi connectivity index (χ3n) is 3.84. The zero-order chi connectivity index (χ0) is 17.0. The van der Waals surface area contributed by atoms with E-state index in [-0.39, 0.29) is 16.6 Å². The van der Waals surface area contributed by atoms with Gasteiger partial charge in [0, 0.05) is 31.9 Å². The highest BCUT2D eigenvalue weighted by Crippen LogP contribution is 2.31. The van der Waals surface area contributed by atoms with Crippen molar-refractivity contribution in [3.63, 3.8) is 0 Å². The number of rotatable bonds is 6. The van der Waals surface area contributed by atoms with E-state index in [1.807, 2.05) is 6.92 Å². The topological polar surface area (TPSA) is 102 Å². The molecule has 0 radical (unpaired) electrons. The van der Waals surface area contributed by atoms with E-state index < -0.39 is 20.4 Å². The third kappa shape index (κ3) is 4.40. The number of morpholine rings is 1. The highest BCUT2D eigenvalue weighted by molar-refractivity contribution is 7.90. The van der Waals surface area contributed by atoms with Gasteiger partial charge in [0.25, 0.3) is 0 Å². The molecule has 0 bridgehead atoms. The lowest BCUT2D eigenvalue weighted by molar-refractivity contribution is -0.386. The number of nitro groups is 1. The molecule has 1 atom stereocenters. The van der Waals surface area contributed by atoms with Crippen LogP contribution in [0.4, 0.5) is 11.4 Å². The van der Waals surface area contributed by atoms with Gasteiger partial charge in [-0.1, -0.05) is 6.07 Å². The van der Waals surface area contributed by atoms with Crippen molar-refractivity contribution < 1.29 is 18.1 Å². The maximum Gasteiger partial charge on any atom is 0.310 e. The minimum absolute atomic E-state index is 0.153. The quantitative estimate of drug-likeness (QED) is 0.610. The van der Waals surface area contributed by atoms with Gasteiger partial charge in [-0.2, -0.15) is 0 Å². The van der Waals surface area contributed by atoms with Crippen molar-refractivity contribution in [3.05, 3.63) is 28.3 Å². The van der Waals surface area contributed by atoms with Gasteiger partial charge in [0.15, 0.2) is 9.84 Å². The van der Waals surface area contributed by atoms with E-state index in [0.717, 1.165) is 19.3 Å². The van der Waals surface area contributed by atoms with Crippen molar-refractivity contribution in [2.45, 2.75) is 17.9 Å². The Labute approximate surface area is 135 Å². The van der Waals surface area contributed by atoms with Crippen LogP contribution in [0.1, 0.15) is 6.92 Å². The van der Waals surface area contributed by atoms with E-state index in [1.54, 1.807) is 0 Å². The summed E-state index contributed by atoms with van der Waals surface area (Å²) in [5.41, 5.74) is -0.179. The van der Waals surface area contributed by atoms with Crippen molar-refractivity contribution in [1.29, 1.82) is 0 Å². The van der Waals surface area contributed by atoms with Crippen LogP contribution < -0.4 is 5.32 Å². The molecule has 1 aromatic carbocycles. The Kier molecular flexibility index (Phi) is 5.55. The Hall–Kier alpha value is -1.71. The smallest absolute Gasteiger partial charge is 0.310 e. The number of para-hydroxylation sites is 1. The van der Waals surface area contributed by atoms with Gasteiger partial charge in [-0.3, -0.25) is 15.0 Å². The zero-order valence-corrected chi connectivity index (χ0v) is 14.0. The van der Waals surface area contributed by atoms with Crippen LogP contribution in [0.25, 0.3) is 0 Å². The summed E-state index contributed by atoms with van der Waals surface area (Å²) in [6.45, 7) is 5.48. The van der Waals surface area contributed by atoms with E-state index in [9.17, 15) is 18.5 Å². The summed E-state index contributed by atoms with van der Waals surface area (Å²) < 4.78 is 28.8. The molecule has 0 spiro atoms. The van der Waals surface area contributed by atoms with E-state index in [4.69, 9.17) is 4.74 Å². The van der Waals surface area contributed by atoms with Gasteiger partial charge in [0.2, 0.25) is 0 Å². The van der Waals surface area contributed by atoms with Crippen LogP contribution in [0.3, 0.4) is 0 Å². The van der Waals surface area contributed by atoms with Crippen molar-refractivity contribution in [2.75, 3.05) is 44.4 Å². The first-order valence-corrected chi connectivity index (χ1v) is 9.23. The largest absolute Gasteiger partial charge is 0.379 e. The molecule has 1 fully saturated rings. The second-order valence-electron chi connectivity index (χ2n) is 5.56. The molecule has 8 nitrogen and oxygen atoms in total. The molecule has 1 aliphatic rings. The zero-order valence-electron chi connectivity index (χ0n) is 13.2. The Morgan fingerprint density at radius 1 is 1.39 bits per heavy atom. The van der Waals surface area contributed by atoms with Gasteiger partial charge >= 0.3 is 5.69 Å². The standard InChI is InChI=1S/C14H21N3O5S/c1-11(16-6-8-22-9-7-16)10-15-12-4-3-5-13(23(2,20)21)14(12)17(18)19/h3-5,11,15H,6-10H2,1-2H3. The Morgan fingerprint density at radius 2 is 2.04 bits per heavy atom. The molecule has 0 amide bonds. The number of sulfone groups is 1. The summed E-state index contributed by atoms with van der Waals surface area (Å²) in [7, 11) is -3.67. The number of hydrogen-bond acceptors (Lipinski definition) is 7. The van der Waals surface area contributed by atoms with Crippen LogP contribution in [-0.2, 0) is 14.6 Å². The van der Waals surface area contributed by atoms with Crippen molar-refractivity contribution in [2.24, 2.45) is 0 Å². The molecule has 1 heterocycles. The predicted molar refractivity (Wildman–Crippen MR) is 86.5 cm³/mol. The lowest BCUT2D eigenvalue weighted by Gasteiger charge is -2.32. The average Bonchev–Trinajstić information content (AvgIpc) is 2.52. The average molecular weight is 343 g/mol. The molecule has 1 aromatic rings. The van der Waals surface area contributed by atoms with E-state index in [2.05, 4.69) is 10.2 Å². The molecule has 1 aliphatic heterocycles. The maximum absolute atomic E-state index is 11.7. The van der Waals surface area contributed by atoms with Crippen LogP contribution in [0, 0.1) is 10.1 Å². The molecule has 0 aromatic heterocycles. The third-order valence-corrected chi connectivity index (χ3v) is 4.97. The van der Waals surface area contributed by atoms with E-state index >= 15 is 0 Å². The Bertz CT molecular complexity index is 671. The lowest BCUT2D eigenvalue weighted by atomic mass is 10.2. The van der Waals surface area contributed by atoms with Crippen molar-refractivity contribution in [3.8, 4) is 0 Å². The Balaban J connectivity index is 2.18. The normalized spacial score (nSPS) is 17.7. The minimum atomic E-state index is -3.67. The minimum Gasteiger partial charge on any atom is -0.379 e. The summed E-state index contributed by atoms with van der Waals surface area (Å²) >= 11 is 0. The van der Waals surface area contributed by atoms with Crippen LogP contribution in [0.2, 0.25) is 0 Å². The van der Waals surface area contributed by atoms with Gasteiger partial charge in [-0.05, 0) is 19.1 Å². The summed E-state index contributed by atoms with van der Waals surface area (Å²) in [6, 6.07) is 4.44. The molecular formula is C14H21N3O5S. The molecule has 2 rings (SSSR count). The first kappa shape index (κ1) is 17.6.